The largest absolute Gasteiger partial charge is 0.321 e. The predicted octanol–water partition coefficient (Wildman–Crippen LogP) is 4.46. The number of aryl methyl sites for hydroxylation is 1. The number of carbonyl (C=O) groups excluding carboxylic acids is 1. The van der Waals surface area contributed by atoms with Crippen LogP contribution in [0, 0.1) is 6.92 Å². The summed E-state index contributed by atoms with van der Waals surface area (Å²) in [5.41, 5.74) is 3.49. The number of hydrogen-bond donors (Lipinski definition) is 2. The fourth-order valence-electron chi connectivity index (χ4n) is 1.95. The molecule has 3 aromatic rings. The second-order valence-electron chi connectivity index (χ2n) is 4.52. The zero-order valence-electron chi connectivity index (χ0n) is 11.2. The smallest absolute Gasteiger partial charge is 0.265 e. The molecule has 0 fully saturated rings. The van der Waals surface area contributed by atoms with Crippen LogP contribution in [0.15, 0.2) is 46.3 Å². The number of rotatable bonds is 3. The van der Waals surface area contributed by atoms with Gasteiger partial charge in [0.2, 0.25) is 0 Å². The minimum Gasteiger partial charge on any atom is -0.321 e. The summed E-state index contributed by atoms with van der Waals surface area (Å²) in [5.74, 6) is -0.0978. The van der Waals surface area contributed by atoms with Crippen LogP contribution in [0.2, 0.25) is 0 Å². The molecule has 0 saturated heterocycles. The number of amides is 1. The van der Waals surface area contributed by atoms with Gasteiger partial charge in [0.1, 0.15) is 5.69 Å². The molecule has 0 aliphatic heterocycles. The predicted molar refractivity (Wildman–Crippen MR) is 88.7 cm³/mol. The van der Waals surface area contributed by atoms with E-state index in [0.717, 1.165) is 27.1 Å². The molecule has 21 heavy (non-hydrogen) atoms. The Morgan fingerprint density at radius 3 is 2.86 bits per heavy atom. The van der Waals surface area contributed by atoms with E-state index in [1.165, 1.54) is 11.3 Å². The Hall–Kier alpha value is -1.92. The molecular formula is C15H12BrN3OS. The van der Waals surface area contributed by atoms with E-state index in [1.807, 2.05) is 42.6 Å². The lowest BCUT2D eigenvalue weighted by Crippen LogP contribution is -2.09. The second kappa shape index (κ2) is 5.83. The summed E-state index contributed by atoms with van der Waals surface area (Å²) in [6.45, 7) is 1.95. The maximum atomic E-state index is 12.1. The molecule has 2 heterocycles. The van der Waals surface area contributed by atoms with Gasteiger partial charge in [0.05, 0.1) is 9.35 Å². The first-order valence-corrected chi connectivity index (χ1v) is 7.98. The maximum absolute atomic E-state index is 12.1. The fraction of sp³-hybridized carbons (Fsp3) is 0.0667. The first-order chi connectivity index (χ1) is 10.1. The Morgan fingerprint density at radius 2 is 2.19 bits per heavy atom. The normalized spacial score (nSPS) is 10.6. The summed E-state index contributed by atoms with van der Waals surface area (Å²) in [4.78, 5) is 12.8. The number of nitrogens with one attached hydrogen (secondary N) is 2. The Labute approximate surface area is 134 Å². The van der Waals surface area contributed by atoms with E-state index in [9.17, 15) is 4.79 Å². The highest BCUT2D eigenvalue weighted by molar-refractivity contribution is 9.10. The van der Waals surface area contributed by atoms with E-state index in [1.54, 1.807) is 6.07 Å². The van der Waals surface area contributed by atoms with Crippen LogP contribution in [0.5, 0.6) is 0 Å². The van der Waals surface area contributed by atoms with Crippen LogP contribution in [0.25, 0.3) is 11.3 Å². The van der Waals surface area contributed by atoms with Crippen LogP contribution < -0.4 is 5.32 Å². The van der Waals surface area contributed by atoms with Gasteiger partial charge in [0.15, 0.2) is 0 Å². The molecule has 1 aromatic carbocycles. The number of halogens is 1. The van der Waals surface area contributed by atoms with Crippen molar-refractivity contribution in [2.75, 3.05) is 5.32 Å². The molecule has 0 spiro atoms. The number of aromatic amines is 1. The summed E-state index contributed by atoms with van der Waals surface area (Å²) in [7, 11) is 0. The molecule has 2 aromatic heterocycles. The van der Waals surface area contributed by atoms with E-state index < -0.39 is 0 Å². The van der Waals surface area contributed by atoms with Crippen molar-refractivity contribution in [3.63, 3.8) is 0 Å². The molecule has 0 aliphatic rings. The summed E-state index contributed by atoms with van der Waals surface area (Å²) in [5, 5.41) is 12.0. The van der Waals surface area contributed by atoms with Crippen LogP contribution in [0.3, 0.4) is 0 Å². The van der Waals surface area contributed by atoms with Crippen LogP contribution in [-0.4, -0.2) is 16.1 Å². The van der Waals surface area contributed by atoms with Gasteiger partial charge in [0.25, 0.3) is 5.91 Å². The SMILES string of the molecule is Cc1[nH]nc(-c2cccc(NC(=O)c3cccs3)c2)c1Br. The van der Waals surface area contributed by atoms with Crippen molar-refractivity contribution in [3.05, 3.63) is 56.8 Å². The van der Waals surface area contributed by atoms with Gasteiger partial charge < -0.3 is 5.32 Å². The molecule has 0 radical (unpaired) electrons. The lowest BCUT2D eigenvalue weighted by molar-refractivity contribution is 0.103. The molecule has 0 saturated carbocycles. The van der Waals surface area contributed by atoms with Gasteiger partial charge in [-0.1, -0.05) is 18.2 Å². The number of nitrogens with zero attached hydrogens (tertiary/aromatic N) is 1. The van der Waals surface area contributed by atoms with Gasteiger partial charge in [0, 0.05) is 16.9 Å². The van der Waals surface area contributed by atoms with Crippen LogP contribution in [-0.2, 0) is 0 Å². The molecule has 2 N–H and O–H groups in total. The van der Waals surface area contributed by atoms with Crippen LogP contribution in [0.4, 0.5) is 5.69 Å². The number of thiophene rings is 1. The van der Waals surface area contributed by atoms with Crippen molar-refractivity contribution in [1.82, 2.24) is 10.2 Å². The van der Waals surface area contributed by atoms with Crippen LogP contribution >= 0.6 is 27.3 Å². The van der Waals surface area contributed by atoms with Gasteiger partial charge in [-0.2, -0.15) is 5.10 Å². The van der Waals surface area contributed by atoms with Gasteiger partial charge in [-0.3, -0.25) is 9.89 Å². The quantitative estimate of drug-likeness (QED) is 0.723. The summed E-state index contributed by atoms with van der Waals surface area (Å²) in [6, 6.07) is 11.3. The zero-order valence-corrected chi connectivity index (χ0v) is 13.6. The Balaban J connectivity index is 1.87. The molecule has 106 valence electrons. The summed E-state index contributed by atoms with van der Waals surface area (Å²) >= 11 is 4.93. The number of carbonyl (C=O) groups is 1. The molecule has 6 heteroatoms. The Kier molecular flexibility index (Phi) is 3.90. The molecule has 1 amide bonds. The highest BCUT2D eigenvalue weighted by Gasteiger charge is 2.11. The maximum Gasteiger partial charge on any atom is 0.265 e. The number of benzene rings is 1. The fourth-order valence-corrected chi connectivity index (χ4v) is 2.98. The zero-order chi connectivity index (χ0) is 14.8. The minimum atomic E-state index is -0.0978. The van der Waals surface area contributed by atoms with Crippen molar-refractivity contribution in [3.8, 4) is 11.3 Å². The Bertz CT molecular complexity index is 780. The highest BCUT2D eigenvalue weighted by atomic mass is 79.9. The average molecular weight is 362 g/mol. The van der Waals surface area contributed by atoms with E-state index in [0.29, 0.717) is 4.88 Å². The van der Waals surface area contributed by atoms with E-state index >= 15 is 0 Å². The van der Waals surface area contributed by atoms with Gasteiger partial charge in [-0.25, -0.2) is 0 Å². The first kappa shape index (κ1) is 14.0. The lowest BCUT2D eigenvalue weighted by Gasteiger charge is -2.05. The second-order valence-corrected chi connectivity index (χ2v) is 6.26. The van der Waals surface area contributed by atoms with Crippen molar-refractivity contribution < 1.29 is 4.79 Å². The van der Waals surface area contributed by atoms with Gasteiger partial charge in [-0.05, 0) is 46.4 Å². The summed E-state index contributed by atoms with van der Waals surface area (Å²) in [6.07, 6.45) is 0. The Morgan fingerprint density at radius 1 is 1.33 bits per heavy atom. The molecule has 0 atom stereocenters. The third-order valence-electron chi connectivity index (χ3n) is 3.01. The third-order valence-corrected chi connectivity index (χ3v) is 4.85. The van der Waals surface area contributed by atoms with E-state index in [-0.39, 0.29) is 5.91 Å². The first-order valence-electron chi connectivity index (χ1n) is 6.31. The molecule has 0 unspecified atom stereocenters. The highest BCUT2D eigenvalue weighted by Crippen LogP contribution is 2.30. The summed E-state index contributed by atoms with van der Waals surface area (Å²) < 4.78 is 0.934. The molecule has 0 bridgehead atoms. The molecule has 3 rings (SSSR count). The monoisotopic (exact) mass is 361 g/mol. The van der Waals surface area contributed by atoms with Crippen LogP contribution in [0.1, 0.15) is 15.4 Å². The van der Waals surface area contributed by atoms with E-state index in [4.69, 9.17) is 0 Å². The molecule has 4 nitrogen and oxygen atoms in total. The van der Waals surface area contributed by atoms with E-state index in [2.05, 4.69) is 31.4 Å². The molecule has 0 aliphatic carbocycles. The third kappa shape index (κ3) is 2.91. The van der Waals surface area contributed by atoms with Gasteiger partial charge in [-0.15, -0.1) is 11.3 Å². The lowest BCUT2D eigenvalue weighted by atomic mass is 10.1. The number of H-pyrrole nitrogens is 1. The standard InChI is InChI=1S/C15H12BrN3OS/c1-9-13(16)14(19-18-9)10-4-2-5-11(8-10)17-15(20)12-6-3-7-21-12/h2-8H,1H3,(H,17,20)(H,18,19). The van der Waals surface area contributed by atoms with Crippen molar-refractivity contribution in [2.45, 2.75) is 6.92 Å². The number of anilines is 1. The van der Waals surface area contributed by atoms with Crippen molar-refractivity contribution >= 4 is 38.9 Å². The van der Waals surface area contributed by atoms with Gasteiger partial charge >= 0.3 is 0 Å². The number of hydrogen-bond acceptors (Lipinski definition) is 3. The average Bonchev–Trinajstić information content (AvgIpc) is 3.11. The minimum absolute atomic E-state index is 0.0978. The topological polar surface area (TPSA) is 57.8 Å². The van der Waals surface area contributed by atoms with Crippen molar-refractivity contribution in [1.29, 1.82) is 0 Å². The van der Waals surface area contributed by atoms with Crippen molar-refractivity contribution in [2.24, 2.45) is 0 Å². The number of aromatic nitrogens is 2. The molecular weight excluding hydrogens is 350 g/mol.